The number of hydrogen-bond acceptors (Lipinski definition) is 3. The quantitative estimate of drug-likeness (QED) is 0.156. The molecule has 64 heavy (non-hydrogen) atoms. The van der Waals surface area contributed by atoms with Crippen LogP contribution in [0.3, 0.4) is 0 Å². The van der Waals surface area contributed by atoms with Gasteiger partial charge in [-0.2, -0.15) is 0 Å². The summed E-state index contributed by atoms with van der Waals surface area (Å²) in [5.74, 6) is -1.13. The Hall–Kier alpha value is -4.89. The van der Waals surface area contributed by atoms with Gasteiger partial charge in [0.1, 0.15) is 5.58 Å². The van der Waals surface area contributed by atoms with E-state index in [2.05, 4.69) is 74.1 Å². The topological polar surface area (TPSA) is 38.9 Å². The van der Waals surface area contributed by atoms with Crippen LogP contribution in [0.5, 0.6) is 0 Å². The predicted molar refractivity (Wildman–Crippen MR) is 267 cm³/mol. The first-order valence-corrected chi connectivity index (χ1v) is 22.0. The third-order valence-electron chi connectivity index (χ3n) is 11.9. The average molecular weight is 1030 g/mol. The van der Waals surface area contributed by atoms with Crippen LogP contribution in [-0.4, -0.2) is 9.97 Å². The van der Waals surface area contributed by atoms with Crippen molar-refractivity contribution < 1.29 is 39.6 Å². The van der Waals surface area contributed by atoms with Crippen LogP contribution < -0.4 is 0 Å². The maximum atomic E-state index is 9.98. The minimum atomic E-state index is -2.38. The monoisotopic (exact) mass is 1030 g/mol. The van der Waals surface area contributed by atoms with Crippen molar-refractivity contribution in [1.82, 2.24) is 9.97 Å². The summed E-state index contributed by atoms with van der Waals surface area (Å²) in [7, 11) is 0. The summed E-state index contributed by atoms with van der Waals surface area (Å²) in [6.45, 7) is 14.4. The van der Waals surface area contributed by atoms with E-state index < -0.39 is 54.0 Å². The van der Waals surface area contributed by atoms with E-state index in [0.29, 0.717) is 39.2 Å². The molecule has 1 aliphatic rings. The van der Waals surface area contributed by atoms with Gasteiger partial charge in [-0.25, -0.2) is 0 Å². The minimum absolute atomic E-state index is 0. The van der Waals surface area contributed by atoms with E-state index in [1.165, 1.54) is 18.5 Å². The molecule has 1 saturated carbocycles. The van der Waals surface area contributed by atoms with Crippen LogP contribution in [0.15, 0.2) is 120 Å². The summed E-state index contributed by atoms with van der Waals surface area (Å²) < 4.78 is 101. The van der Waals surface area contributed by atoms with Crippen molar-refractivity contribution in [2.24, 2.45) is 21.7 Å². The van der Waals surface area contributed by atoms with E-state index in [-0.39, 0.29) is 42.4 Å². The van der Waals surface area contributed by atoms with Crippen LogP contribution in [0.25, 0.3) is 66.4 Å². The van der Waals surface area contributed by atoms with Crippen molar-refractivity contribution in [2.75, 3.05) is 0 Å². The molecule has 0 aliphatic heterocycles. The van der Waals surface area contributed by atoms with Gasteiger partial charge < -0.3 is 14.4 Å². The molecule has 1 radical (unpaired) electrons. The molecule has 3 heterocycles. The van der Waals surface area contributed by atoms with Gasteiger partial charge in [0, 0.05) is 58.3 Å². The number of fused-ring (bicyclic) bond motifs is 5. The van der Waals surface area contributed by atoms with Gasteiger partial charge in [-0.1, -0.05) is 178 Å². The molecule has 0 spiro atoms. The largest absolute Gasteiger partial charge is 0.500 e. The molecule has 0 saturated heterocycles. The van der Waals surface area contributed by atoms with Crippen molar-refractivity contribution in [2.45, 2.75) is 121 Å². The van der Waals surface area contributed by atoms with Crippen LogP contribution in [0, 0.1) is 47.5 Å². The minimum Gasteiger partial charge on any atom is -0.500 e. The number of pyridine rings is 2. The maximum Gasteiger partial charge on any atom is 0.128 e. The van der Waals surface area contributed by atoms with Crippen molar-refractivity contribution >= 4 is 32.7 Å². The Balaban J connectivity index is 0.000000216. The number of aromatic nitrogens is 2. The standard InChI is InChI=1S/C32H32NO.C28H34N.Ir/c1-20-19-33-27(18-26(20)30-31(2,3)16-9-17-32(30,4)5)25-13-8-12-23-24-15-14-21-10-6-7-11-22(21)28(24)34-29(23)25;1-20-13-14-22(15-25(20)21-11-9-8-10-12-21)26-16-23(17-27(2,3)4)24(19-29-26)18-28(5,6)7;/h6-8,10-12,14-15,18-19,30H,9,16-17H2,1-5H3;8-13,15-16,19H,17-18H2,1-7H3;/q2*-1;/i1D3,30D;1D3,17D2,18D2;. The van der Waals surface area contributed by atoms with Gasteiger partial charge in [0.2, 0.25) is 0 Å². The Bertz CT molecular complexity index is 3380. The summed E-state index contributed by atoms with van der Waals surface area (Å²) in [5, 5.41) is 4.11. The summed E-state index contributed by atoms with van der Waals surface area (Å²) >= 11 is 0. The number of benzene rings is 5. The third kappa shape index (κ3) is 10.00. The second-order valence-electron chi connectivity index (χ2n) is 20.4. The van der Waals surface area contributed by atoms with Crippen molar-refractivity contribution in [3.8, 4) is 33.6 Å². The second-order valence-corrected chi connectivity index (χ2v) is 20.4. The zero-order valence-corrected chi connectivity index (χ0v) is 41.1. The molecule has 0 amide bonds. The van der Waals surface area contributed by atoms with E-state index in [9.17, 15) is 1.37 Å². The molecule has 8 aromatic rings. The fourth-order valence-electron chi connectivity index (χ4n) is 9.44. The molecule has 0 unspecified atom stereocenters. The van der Waals surface area contributed by atoms with Crippen LogP contribution in [-0.2, 0) is 32.9 Å². The summed E-state index contributed by atoms with van der Waals surface area (Å²) in [5.41, 5.74) is 3.73. The van der Waals surface area contributed by atoms with Gasteiger partial charge in [-0.3, -0.25) is 0 Å². The number of hydrogen-bond donors (Lipinski definition) is 0. The molecule has 0 N–H and O–H groups in total. The predicted octanol–water partition coefficient (Wildman–Crippen LogP) is 16.9. The molecular formula is C60H66IrN2O-2. The summed E-state index contributed by atoms with van der Waals surface area (Å²) in [6.07, 6.45) is 1.89. The van der Waals surface area contributed by atoms with Crippen molar-refractivity contribution in [3.63, 3.8) is 0 Å². The van der Waals surface area contributed by atoms with Gasteiger partial charge >= 0.3 is 0 Å². The van der Waals surface area contributed by atoms with E-state index in [4.69, 9.17) is 18.1 Å². The molecule has 0 bridgehead atoms. The molecular weight excluding hydrogens is 957 g/mol. The summed E-state index contributed by atoms with van der Waals surface area (Å²) in [4.78, 5) is 9.18. The molecule has 9 rings (SSSR count). The van der Waals surface area contributed by atoms with Crippen LogP contribution in [0.1, 0.15) is 137 Å². The van der Waals surface area contributed by atoms with E-state index in [1.807, 2.05) is 60.7 Å². The number of rotatable bonds is 6. The number of aryl methyl sites for hydroxylation is 2. The number of nitrogens with zero attached hydrogens (tertiary/aromatic N) is 2. The van der Waals surface area contributed by atoms with Crippen LogP contribution >= 0.6 is 0 Å². The Morgan fingerprint density at radius 2 is 1.36 bits per heavy atom. The maximum absolute atomic E-state index is 9.98. The molecule has 5 aromatic carbocycles. The van der Waals surface area contributed by atoms with Gasteiger partial charge in [0.25, 0.3) is 0 Å². The van der Waals surface area contributed by atoms with Crippen LogP contribution in [0.4, 0.5) is 0 Å². The first-order valence-electron chi connectivity index (χ1n) is 27.5. The van der Waals surface area contributed by atoms with Crippen molar-refractivity contribution in [1.29, 1.82) is 0 Å². The Kier molecular flexibility index (Phi) is 9.79. The third-order valence-corrected chi connectivity index (χ3v) is 11.9. The van der Waals surface area contributed by atoms with E-state index in [1.54, 1.807) is 53.7 Å². The Morgan fingerprint density at radius 3 is 2.06 bits per heavy atom. The second kappa shape index (κ2) is 18.2. The van der Waals surface area contributed by atoms with E-state index in [0.717, 1.165) is 52.0 Å². The fourth-order valence-corrected chi connectivity index (χ4v) is 9.44. The fraction of sp³-hybridized carbons (Fsp3) is 0.367. The Labute approximate surface area is 412 Å². The van der Waals surface area contributed by atoms with Gasteiger partial charge in [0.05, 0.1) is 5.58 Å². The molecule has 333 valence electrons. The molecule has 1 fully saturated rings. The average Bonchev–Trinajstić information content (AvgIpc) is 3.71. The zero-order chi connectivity index (χ0) is 54.4. The summed E-state index contributed by atoms with van der Waals surface area (Å²) in [6, 6.07) is 38.4. The molecule has 3 nitrogen and oxygen atoms in total. The number of furan rings is 1. The van der Waals surface area contributed by atoms with E-state index >= 15 is 0 Å². The first-order chi connectivity index (χ1) is 34.1. The van der Waals surface area contributed by atoms with Gasteiger partial charge in [-0.05, 0) is 105 Å². The molecule has 1 aliphatic carbocycles. The molecule has 4 heteroatoms. The van der Waals surface area contributed by atoms with Crippen LogP contribution in [0.2, 0.25) is 0 Å². The normalized spacial score (nSPS) is 19.1. The first kappa shape index (κ1) is 34.5. The molecule has 0 atom stereocenters. The van der Waals surface area contributed by atoms with Crippen molar-refractivity contribution in [3.05, 3.63) is 155 Å². The zero-order valence-electron chi connectivity index (χ0n) is 49.7. The SMILES string of the molecule is [2H]C([2H])([2H])c1c[c-]c(-c2cc(C([2H])([2H])C(C)(C)C)c(C([2H])([2H])C(C)(C)C)cn2)cc1-c1ccccc1.[2H]C([2H])([2H])c1cnc(-c2[c-]ccc3c2oc2c4ccccc4ccc32)cc1C1([2H])C(C)(C)CCCC1(C)C.[Ir]. The van der Waals surface area contributed by atoms with Gasteiger partial charge in [-0.15, -0.1) is 47.5 Å². The van der Waals surface area contributed by atoms with Gasteiger partial charge in [0.15, 0.2) is 0 Å². The Morgan fingerprint density at radius 1 is 0.703 bits per heavy atom. The molecule has 3 aromatic heterocycles. The smallest absolute Gasteiger partial charge is 0.128 e.